The second kappa shape index (κ2) is 9.50. The molecule has 2 aromatic carbocycles. The fourth-order valence-electron chi connectivity index (χ4n) is 2.79. The van der Waals surface area contributed by atoms with Crippen molar-refractivity contribution in [3.63, 3.8) is 0 Å². The van der Waals surface area contributed by atoms with Crippen molar-refractivity contribution >= 4 is 23.4 Å². The predicted octanol–water partition coefficient (Wildman–Crippen LogP) is 4.36. The summed E-state index contributed by atoms with van der Waals surface area (Å²) in [6.07, 6.45) is 0.882. The van der Waals surface area contributed by atoms with Gasteiger partial charge in [0.1, 0.15) is 5.82 Å². The molecule has 0 amide bonds. The Labute approximate surface area is 165 Å². The van der Waals surface area contributed by atoms with Crippen molar-refractivity contribution in [2.75, 3.05) is 23.8 Å². The molecule has 0 saturated heterocycles. The highest BCUT2D eigenvalue weighted by molar-refractivity contribution is 5.96. The van der Waals surface area contributed by atoms with Gasteiger partial charge in [-0.3, -0.25) is 0 Å². The molecule has 0 aliphatic carbocycles. The van der Waals surface area contributed by atoms with Crippen molar-refractivity contribution in [2.45, 2.75) is 20.3 Å². The van der Waals surface area contributed by atoms with E-state index in [0.29, 0.717) is 29.6 Å². The van der Waals surface area contributed by atoms with Crippen molar-refractivity contribution in [3.05, 3.63) is 77.5 Å². The van der Waals surface area contributed by atoms with Crippen molar-refractivity contribution in [3.8, 4) is 0 Å². The van der Waals surface area contributed by atoms with Crippen molar-refractivity contribution in [1.29, 1.82) is 0 Å². The van der Waals surface area contributed by atoms with E-state index in [1.807, 2.05) is 43.3 Å². The van der Waals surface area contributed by atoms with Gasteiger partial charge in [0.15, 0.2) is 0 Å². The van der Waals surface area contributed by atoms with Crippen molar-refractivity contribution < 1.29 is 9.53 Å². The SMILES string of the molecule is CCOC(=O)c1ccccc1Nc1cc(C)nc(NCCc2ccccc2)n1. The van der Waals surface area contributed by atoms with Gasteiger partial charge in [-0.1, -0.05) is 42.5 Å². The highest BCUT2D eigenvalue weighted by Crippen LogP contribution is 2.21. The molecule has 0 atom stereocenters. The number of carbonyl (C=O) groups excluding carboxylic acids is 1. The van der Waals surface area contributed by atoms with E-state index in [9.17, 15) is 4.79 Å². The molecule has 0 radical (unpaired) electrons. The van der Waals surface area contributed by atoms with Gasteiger partial charge in [-0.15, -0.1) is 0 Å². The lowest BCUT2D eigenvalue weighted by Crippen LogP contribution is -2.11. The number of ether oxygens (including phenoxy) is 1. The Hall–Kier alpha value is -3.41. The van der Waals surface area contributed by atoms with Gasteiger partial charge in [0, 0.05) is 18.3 Å². The molecule has 3 aromatic rings. The molecule has 6 nitrogen and oxygen atoms in total. The summed E-state index contributed by atoms with van der Waals surface area (Å²) in [5, 5.41) is 6.47. The van der Waals surface area contributed by atoms with Crippen LogP contribution in [0.4, 0.5) is 17.5 Å². The molecule has 0 bridgehead atoms. The van der Waals surface area contributed by atoms with Crippen LogP contribution in [0.2, 0.25) is 0 Å². The highest BCUT2D eigenvalue weighted by Gasteiger charge is 2.13. The van der Waals surface area contributed by atoms with Crippen molar-refractivity contribution in [2.24, 2.45) is 0 Å². The summed E-state index contributed by atoms with van der Waals surface area (Å²) in [4.78, 5) is 21.1. The molecule has 1 heterocycles. The third-order valence-corrected chi connectivity index (χ3v) is 4.08. The van der Waals surface area contributed by atoms with Crippen LogP contribution < -0.4 is 10.6 Å². The number of hydrogen-bond acceptors (Lipinski definition) is 6. The fraction of sp³-hybridized carbons (Fsp3) is 0.227. The minimum Gasteiger partial charge on any atom is -0.462 e. The molecule has 144 valence electrons. The zero-order valence-electron chi connectivity index (χ0n) is 16.1. The molecule has 0 spiro atoms. The van der Waals surface area contributed by atoms with E-state index in [1.54, 1.807) is 19.1 Å². The third kappa shape index (κ3) is 5.30. The Kier molecular flexibility index (Phi) is 6.57. The van der Waals surface area contributed by atoms with E-state index < -0.39 is 0 Å². The Bertz CT molecular complexity index is 929. The fourth-order valence-corrected chi connectivity index (χ4v) is 2.79. The van der Waals surface area contributed by atoms with Crippen LogP contribution in [0.15, 0.2) is 60.7 Å². The number of nitrogens with one attached hydrogen (secondary N) is 2. The normalized spacial score (nSPS) is 10.4. The number of aryl methyl sites for hydroxylation is 1. The van der Waals surface area contributed by atoms with Gasteiger partial charge in [0.2, 0.25) is 5.95 Å². The zero-order valence-corrected chi connectivity index (χ0v) is 16.1. The second-order valence-electron chi connectivity index (χ2n) is 6.27. The predicted molar refractivity (Wildman–Crippen MR) is 111 cm³/mol. The van der Waals surface area contributed by atoms with Gasteiger partial charge in [-0.2, -0.15) is 4.98 Å². The number of para-hydroxylation sites is 1. The molecular weight excluding hydrogens is 352 g/mol. The summed E-state index contributed by atoms with van der Waals surface area (Å²) in [7, 11) is 0. The maximum absolute atomic E-state index is 12.2. The van der Waals surface area contributed by atoms with E-state index >= 15 is 0 Å². The lowest BCUT2D eigenvalue weighted by molar-refractivity contribution is 0.0527. The van der Waals surface area contributed by atoms with E-state index in [-0.39, 0.29) is 5.97 Å². The Morgan fingerprint density at radius 3 is 2.57 bits per heavy atom. The van der Waals surface area contributed by atoms with E-state index in [2.05, 4.69) is 32.7 Å². The molecule has 3 rings (SSSR count). The van der Waals surface area contributed by atoms with Gasteiger partial charge < -0.3 is 15.4 Å². The van der Waals surface area contributed by atoms with Gasteiger partial charge in [-0.05, 0) is 38.0 Å². The van der Waals surface area contributed by atoms with Gasteiger partial charge in [0.05, 0.1) is 17.9 Å². The van der Waals surface area contributed by atoms with Crippen LogP contribution >= 0.6 is 0 Å². The quantitative estimate of drug-likeness (QED) is 0.569. The van der Waals surface area contributed by atoms with E-state index in [0.717, 1.165) is 18.7 Å². The molecule has 0 aliphatic heterocycles. The largest absolute Gasteiger partial charge is 0.462 e. The first-order chi connectivity index (χ1) is 13.7. The molecule has 0 aliphatic rings. The van der Waals surface area contributed by atoms with Crippen LogP contribution in [0.3, 0.4) is 0 Å². The lowest BCUT2D eigenvalue weighted by Gasteiger charge is -2.12. The molecule has 6 heteroatoms. The minimum atomic E-state index is -0.363. The van der Waals surface area contributed by atoms with Crippen LogP contribution in [-0.2, 0) is 11.2 Å². The molecule has 2 N–H and O–H groups in total. The third-order valence-electron chi connectivity index (χ3n) is 4.08. The molecule has 0 saturated carbocycles. The molecular formula is C22H24N4O2. The molecule has 28 heavy (non-hydrogen) atoms. The maximum Gasteiger partial charge on any atom is 0.340 e. The average Bonchev–Trinajstić information content (AvgIpc) is 2.69. The monoisotopic (exact) mass is 376 g/mol. The number of hydrogen-bond donors (Lipinski definition) is 2. The van der Waals surface area contributed by atoms with Crippen LogP contribution in [0.5, 0.6) is 0 Å². The standard InChI is InChI=1S/C22H24N4O2/c1-3-28-21(27)18-11-7-8-12-19(18)25-20-15-16(2)24-22(26-20)23-14-13-17-9-5-4-6-10-17/h4-12,15H,3,13-14H2,1-2H3,(H2,23,24,25,26). The highest BCUT2D eigenvalue weighted by atomic mass is 16.5. The zero-order chi connectivity index (χ0) is 19.8. The smallest absolute Gasteiger partial charge is 0.340 e. The summed E-state index contributed by atoms with van der Waals surface area (Å²) in [6.45, 7) is 4.75. The number of benzene rings is 2. The second-order valence-corrected chi connectivity index (χ2v) is 6.27. The van der Waals surface area contributed by atoms with Gasteiger partial charge >= 0.3 is 5.97 Å². The number of rotatable bonds is 8. The van der Waals surface area contributed by atoms with Gasteiger partial charge in [-0.25, -0.2) is 9.78 Å². The first-order valence-electron chi connectivity index (χ1n) is 9.32. The van der Waals surface area contributed by atoms with Crippen molar-refractivity contribution in [1.82, 2.24) is 9.97 Å². The summed E-state index contributed by atoms with van der Waals surface area (Å²) < 4.78 is 5.12. The van der Waals surface area contributed by atoms with Crippen LogP contribution in [-0.4, -0.2) is 29.1 Å². The topological polar surface area (TPSA) is 76.1 Å². The molecule has 1 aromatic heterocycles. The summed E-state index contributed by atoms with van der Waals surface area (Å²) in [6, 6.07) is 19.3. The summed E-state index contributed by atoms with van der Waals surface area (Å²) in [5.41, 5.74) is 3.20. The average molecular weight is 376 g/mol. The molecule has 0 unspecified atom stereocenters. The van der Waals surface area contributed by atoms with Crippen LogP contribution in [0.1, 0.15) is 28.5 Å². The number of aromatic nitrogens is 2. The summed E-state index contributed by atoms with van der Waals surface area (Å²) >= 11 is 0. The Morgan fingerprint density at radius 1 is 1.04 bits per heavy atom. The van der Waals surface area contributed by atoms with Gasteiger partial charge in [0.25, 0.3) is 0 Å². The lowest BCUT2D eigenvalue weighted by atomic mass is 10.1. The first kappa shape index (κ1) is 19.4. The first-order valence-corrected chi connectivity index (χ1v) is 9.32. The number of esters is 1. The Morgan fingerprint density at radius 2 is 1.79 bits per heavy atom. The Balaban J connectivity index is 1.71. The van der Waals surface area contributed by atoms with Crippen LogP contribution in [0.25, 0.3) is 0 Å². The van der Waals surface area contributed by atoms with E-state index in [1.165, 1.54) is 5.56 Å². The number of anilines is 3. The van der Waals surface area contributed by atoms with Crippen LogP contribution in [0, 0.1) is 6.92 Å². The minimum absolute atomic E-state index is 0.329. The number of nitrogens with zero attached hydrogens (tertiary/aromatic N) is 2. The summed E-state index contributed by atoms with van der Waals surface area (Å²) in [5.74, 6) is 0.802. The van der Waals surface area contributed by atoms with E-state index in [4.69, 9.17) is 4.74 Å². The maximum atomic E-state index is 12.2. The molecule has 0 fully saturated rings. The number of carbonyl (C=O) groups is 1.